The number of halogens is 2. The van der Waals surface area contributed by atoms with Gasteiger partial charge in [-0.25, -0.2) is 4.99 Å². The van der Waals surface area contributed by atoms with Crippen molar-refractivity contribution in [2.75, 3.05) is 6.54 Å². The van der Waals surface area contributed by atoms with Crippen LogP contribution >= 0.6 is 23.2 Å². The smallest absolute Gasteiger partial charge is 0.191 e. The molecule has 2 aromatic rings. The lowest BCUT2D eigenvalue weighted by atomic mass is 10.2. The van der Waals surface area contributed by atoms with Gasteiger partial charge in [-0.15, -0.1) is 0 Å². The molecule has 7 heteroatoms. The van der Waals surface area contributed by atoms with Crippen LogP contribution in [0.4, 0.5) is 0 Å². The van der Waals surface area contributed by atoms with Gasteiger partial charge in [0.1, 0.15) is 0 Å². The largest absolute Gasteiger partial charge is 0.357 e. The third-order valence-corrected chi connectivity index (χ3v) is 4.45. The van der Waals surface area contributed by atoms with Crippen LogP contribution in [0.25, 0.3) is 0 Å². The van der Waals surface area contributed by atoms with Crippen LogP contribution in [-0.4, -0.2) is 22.3 Å². The minimum Gasteiger partial charge on any atom is -0.357 e. The molecule has 0 bridgehead atoms. The average molecular weight is 368 g/mol. The van der Waals surface area contributed by atoms with E-state index in [0.29, 0.717) is 23.1 Å². The summed E-state index contributed by atoms with van der Waals surface area (Å²) >= 11 is 12.1. The van der Waals surface area contributed by atoms with Crippen molar-refractivity contribution in [3.63, 3.8) is 0 Å². The fraction of sp³-hybridized carbons (Fsp3) is 0.412. The molecule has 0 aliphatic carbocycles. The summed E-state index contributed by atoms with van der Waals surface area (Å²) in [5.74, 6) is 0.742. The van der Waals surface area contributed by atoms with Crippen molar-refractivity contribution in [2.45, 2.75) is 33.9 Å². The molecule has 0 amide bonds. The van der Waals surface area contributed by atoms with Crippen LogP contribution in [0.1, 0.15) is 29.4 Å². The second kappa shape index (κ2) is 8.40. The molecule has 24 heavy (non-hydrogen) atoms. The molecule has 0 radical (unpaired) electrons. The molecule has 0 spiro atoms. The highest BCUT2D eigenvalue weighted by Gasteiger charge is 2.10. The predicted octanol–water partition coefficient (Wildman–Crippen LogP) is 3.60. The minimum atomic E-state index is 0.482. The van der Waals surface area contributed by atoms with Gasteiger partial charge in [-0.2, -0.15) is 5.10 Å². The molecule has 0 fully saturated rings. The van der Waals surface area contributed by atoms with Gasteiger partial charge in [0, 0.05) is 41.4 Å². The van der Waals surface area contributed by atoms with Gasteiger partial charge in [0.15, 0.2) is 5.96 Å². The molecule has 130 valence electrons. The fourth-order valence-electron chi connectivity index (χ4n) is 2.40. The first-order valence-electron chi connectivity index (χ1n) is 7.87. The van der Waals surface area contributed by atoms with E-state index in [-0.39, 0.29) is 0 Å². The molecule has 0 unspecified atom stereocenters. The number of aromatic nitrogens is 2. The van der Waals surface area contributed by atoms with Gasteiger partial charge in [0.05, 0.1) is 12.2 Å². The van der Waals surface area contributed by atoms with E-state index in [1.165, 1.54) is 5.56 Å². The Balaban J connectivity index is 2.08. The van der Waals surface area contributed by atoms with Crippen molar-refractivity contribution in [1.82, 2.24) is 20.4 Å². The standard InChI is InChI=1S/C17H23Cl2N5/c1-5-20-17(21-9-13-6-7-14(18)8-16(13)19)22-10-15-11(2)23-24(4)12(15)3/h6-8H,5,9-10H2,1-4H3,(H2,20,21,22). The number of nitrogens with zero attached hydrogens (tertiary/aromatic N) is 3. The average Bonchev–Trinajstić information content (AvgIpc) is 2.77. The highest BCUT2D eigenvalue weighted by Crippen LogP contribution is 2.21. The van der Waals surface area contributed by atoms with Crippen molar-refractivity contribution in [2.24, 2.45) is 12.0 Å². The van der Waals surface area contributed by atoms with Crippen LogP contribution in [0.15, 0.2) is 23.2 Å². The predicted molar refractivity (Wildman–Crippen MR) is 101 cm³/mol. The minimum absolute atomic E-state index is 0.482. The van der Waals surface area contributed by atoms with Crippen LogP contribution in [0.3, 0.4) is 0 Å². The van der Waals surface area contributed by atoms with E-state index in [1.807, 2.05) is 37.7 Å². The Labute approximate surface area is 153 Å². The molecule has 2 rings (SSSR count). The lowest BCUT2D eigenvalue weighted by Crippen LogP contribution is -2.37. The lowest BCUT2D eigenvalue weighted by Gasteiger charge is -2.12. The maximum absolute atomic E-state index is 6.20. The van der Waals surface area contributed by atoms with Crippen LogP contribution in [0.5, 0.6) is 0 Å². The molecule has 0 saturated heterocycles. The Hall–Kier alpha value is -1.72. The summed E-state index contributed by atoms with van der Waals surface area (Å²) < 4.78 is 1.89. The zero-order valence-corrected chi connectivity index (χ0v) is 16.0. The number of hydrogen-bond acceptors (Lipinski definition) is 2. The number of aryl methyl sites for hydroxylation is 2. The maximum Gasteiger partial charge on any atom is 0.191 e. The highest BCUT2D eigenvalue weighted by atomic mass is 35.5. The van der Waals surface area contributed by atoms with E-state index < -0.39 is 0 Å². The third-order valence-electron chi connectivity index (χ3n) is 3.86. The number of guanidine groups is 1. The SMILES string of the molecule is CCNC(=NCc1ccc(Cl)cc1Cl)NCc1c(C)nn(C)c1C. The summed E-state index contributed by atoms with van der Waals surface area (Å²) in [6.07, 6.45) is 0. The van der Waals surface area contributed by atoms with Gasteiger partial charge in [-0.3, -0.25) is 4.68 Å². The topological polar surface area (TPSA) is 54.2 Å². The van der Waals surface area contributed by atoms with Crippen LogP contribution in [0, 0.1) is 13.8 Å². The Morgan fingerprint density at radius 3 is 2.58 bits per heavy atom. The fourth-order valence-corrected chi connectivity index (χ4v) is 2.87. The van der Waals surface area contributed by atoms with Crippen LogP contribution < -0.4 is 10.6 Å². The molecular weight excluding hydrogens is 345 g/mol. The monoisotopic (exact) mass is 367 g/mol. The van der Waals surface area contributed by atoms with Crippen molar-refractivity contribution >= 4 is 29.2 Å². The summed E-state index contributed by atoms with van der Waals surface area (Å²) in [5.41, 5.74) is 4.30. The van der Waals surface area contributed by atoms with E-state index in [1.54, 1.807) is 6.07 Å². The molecular formula is C17H23Cl2N5. The molecule has 0 aliphatic heterocycles. The number of aliphatic imine (C=N–C) groups is 1. The zero-order valence-electron chi connectivity index (χ0n) is 14.5. The van der Waals surface area contributed by atoms with Gasteiger partial charge in [0.25, 0.3) is 0 Å². The maximum atomic E-state index is 6.20. The zero-order chi connectivity index (χ0) is 17.7. The van der Waals surface area contributed by atoms with Crippen molar-refractivity contribution in [3.8, 4) is 0 Å². The first kappa shape index (κ1) is 18.6. The second-order valence-electron chi connectivity index (χ2n) is 5.56. The second-order valence-corrected chi connectivity index (χ2v) is 6.40. The number of benzene rings is 1. The lowest BCUT2D eigenvalue weighted by molar-refractivity contribution is 0.728. The van der Waals surface area contributed by atoms with Crippen LogP contribution in [-0.2, 0) is 20.1 Å². The van der Waals surface area contributed by atoms with Crippen LogP contribution in [0.2, 0.25) is 10.0 Å². The van der Waals surface area contributed by atoms with E-state index >= 15 is 0 Å². The van der Waals surface area contributed by atoms with Crippen molar-refractivity contribution < 1.29 is 0 Å². The first-order chi connectivity index (χ1) is 11.4. The van der Waals surface area contributed by atoms with Gasteiger partial charge < -0.3 is 10.6 Å². The van der Waals surface area contributed by atoms with E-state index in [2.05, 4.69) is 27.6 Å². The highest BCUT2D eigenvalue weighted by molar-refractivity contribution is 6.35. The molecule has 0 aliphatic rings. The van der Waals surface area contributed by atoms with Gasteiger partial charge in [-0.05, 0) is 38.5 Å². The molecule has 1 heterocycles. The Kier molecular flexibility index (Phi) is 6.52. The molecule has 1 aromatic heterocycles. The third kappa shape index (κ3) is 4.65. The summed E-state index contributed by atoms with van der Waals surface area (Å²) in [6, 6.07) is 5.45. The summed E-state index contributed by atoms with van der Waals surface area (Å²) in [6.45, 7) is 8.05. The van der Waals surface area contributed by atoms with Gasteiger partial charge in [0.2, 0.25) is 0 Å². The number of rotatable bonds is 5. The Morgan fingerprint density at radius 2 is 2.00 bits per heavy atom. The number of nitrogens with one attached hydrogen (secondary N) is 2. The summed E-state index contributed by atoms with van der Waals surface area (Å²) in [4.78, 5) is 4.60. The summed E-state index contributed by atoms with van der Waals surface area (Å²) in [5, 5.41) is 12.3. The quantitative estimate of drug-likeness (QED) is 0.626. The van der Waals surface area contributed by atoms with E-state index in [0.717, 1.165) is 29.5 Å². The molecule has 2 N–H and O–H groups in total. The first-order valence-corrected chi connectivity index (χ1v) is 8.63. The van der Waals surface area contributed by atoms with Gasteiger partial charge in [-0.1, -0.05) is 29.3 Å². The summed E-state index contributed by atoms with van der Waals surface area (Å²) in [7, 11) is 1.95. The molecule has 5 nitrogen and oxygen atoms in total. The molecule has 0 saturated carbocycles. The molecule has 1 aromatic carbocycles. The van der Waals surface area contributed by atoms with E-state index in [4.69, 9.17) is 23.2 Å². The number of hydrogen-bond donors (Lipinski definition) is 2. The van der Waals surface area contributed by atoms with Gasteiger partial charge >= 0.3 is 0 Å². The van der Waals surface area contributed by atoms with Crippen molar-refractivity contribution in [1.29, 1.82) is 0 Å². The van der Waals surface area contributed by atoms with E-state index in [9.17, 15) is 0 Å². The Bertz CT molecular complexity index is 737. The molecule has 0 atom stereocenters. The normalized spacial score (nSPS) is 11.7. The Morgan fingerprint density at radius 1 is 1.25 bits per heavy atom. The van der Waals surface area contributed by atoms with Crippen molar-refractivity contribution in [3.05, 3.63) is 50.8 Å².